The third-order valence-corrected chi connectivity index (χ3v) is 2.33. The van der Waals surface area contributed by atoms with Gasteiger partial charge in [0.1, 0.15) is 0 Å². The summed E-state index contributed by atoms with van der Waals surface area (Å²) in [4.78, 5) is 4.33. The zero-order valence-electron chi connectivity index (χ0n) is 9.62. The number of guanidine groups is 1. The second-order valence-corrected chi connectivity index (χ2v) is 4.34. The molecule has 0 amide bonds. The molecule has 0 radical (unpaired) electrons. The number of ether oxygens (including phenoxy) is 1. The normalized spacial score (nSPS) is 22.1. The Hall–Kier alpha value is -0.810. The number of rotatable bonds is 4. The highest BCUT2D eigenvalue weighted by atomic mass is 16.5. The molecule has 0 spiro atoms. The van der Waals surface area contributed by atoms with Crippen LogP contribution in [0.15, 0.2) is 4.99 Å². The van der Waals surface area contributed by atoms with Gasteiger partial charge in [-0.3, -0.25) is 10.4 Å². The molecule has 88 valence electrons. The van der Waals surface area contributed by atoms with Gasteiger partial charge < -0.3 is 10.1 Å². The van der Waals surface area contributed by atoms with Gasteiger partial charge in [0.15, 0.2) is 0 Å². The monoisotopic (exact) mass is 214 g/mol. The molecule has 0 aromatic heterocycles. The van der Waals surface area contributed by atoms with Gasteiger partial charge in [0.05, 0.1) is 6.61 Å². The van der Waals surface area contributed by atoms with E-state index in [1.54, 1.807) is 0 Å². The van der Waals surface area contributed by atoms with Crippen molar-refractivity contribution in [3.63, 3.8) is 0 Å². The molecule has 1 heterocycles. The molecule has 1 rings (SSSR count). The van der Waals surface area contributed by atoms with Crippen LogP contribution < -0.4 is 16.6 Å². The SMILES string of the molecule is CC(C)CN=C(NN)NCC1CCOC1. The van der Waals surface area contributed by atoms with Crippen molar-refractivity contribution in [3.05, 3.63) is 0 Å². The first kappa shape index (κ1) is 12.3. The van der Waals surface area contributed by atoms with Gasteiger partial charge in [-0.2, -0.15) is 0 Å². The molecule has 1 aliphatic rings. The largest absolute Gasteiger partial charge is 0.381 e. The Morgan fingerprint density at radius 1 is 1.60 bits per heavy atom. The topological polar surface area (TPSA) is 71.7 Å². The lowest BCUT2D eigenvalue weighted by molar-refractivity contribution is 0.186. The van der Waals surface area contributed by atoms with Crippen LogP contribution in [-0.2, 0) is 4.74 Å². The summed E-state index contributed by atoms with van der Waals surface area (Å²) in [5.41, 5.74) is 2.58. The molecular formula is C10H22N4O. The predicted molar refractivity (Wildman–Crippen MR) is 61.4 cm³/mol. The molecule has 15 heavy (non-hydrogen) atoms. The molecular weight excluding hydrogens is 192 g/mol. The first-order valence-corrected chi connectivity index (χ1v) is 5.55. The smallest absolute Gasteiger partial charge is 0.205 e. The fraction of sp³-hybridized carbons (Fsp3) is 0.900. The molecule has 0 aromatic carbocycles. The van der Waals surface area contributed by atoms with Crippen LogP contribution in [0.5, 0.6) is 0 Å². The molecule has 1 saturated heterocycles. The van der Waals surface area contributed by atoms with E-state index in [4.69, 9.17) is 10.6 Å². The number of hydrogen-bond donors (Lipinski definition) is 3. The van der Waals surface area contributed by atoms with E-state index >= 15 is 0 Å². The van der Waals surface area contributed by atoms with Gasteiger partial charge in [0, 0.05) is 25.6 Å². The maximum absolute atomic E-state index is 5.37. The van der Waals surface area contributed by atoms with E-state index in [1.807, 2.05) is 0 Å². The van der Waals surface area contributed by atoms with Gasteiger partial charge in [0.25, 0.3) is 0 Å². The quantitative estimate of drug-likeness (QED) is 0.268. The van der Waals surface area contributed by atoms with E-state index in [9.17, 15) is 0 Å². The van der Waals surface area contributed by atoms with Crippen LogP contribution in [0.3, 0.4) is 0 Å². The van der Waals surface area contributed by atoms with Crippen molar-refractivity contribution in [2.75, 3.05) is 26.3 Å². The average molecular weight is 214 g/mol. The van der Waals surface area contributed by atoms with E-state index in [1.165, 1.54) is 0 Å². The number of nitrogens with two attached hydrogens (primary N) is 1. The zero-order chi connectivity index (χ0) is 11.1. The summed E-state index contributed by atoms with van der Waals surface area (Å²) in [7, 11) is 0. The van der Waals surface area contributed by atoms with Crippen LogP contribution in [0, 0.1) is 11.8 Å². The minimum absolute atomic E-state index is 0.546. The molecule has 5 heteroatoms. The molecule has 0 aliphatic carbocycles. The lowest BCUT2D eigenvalue weighted by Gasteiger charge is -2.12. The molecule has 1 unspecified atom stereocenters. The first-order chi connectivity index (χ1) is 7.22. The van der Waals surface area contributed by atoms with E-state index in [0.29, 0.717) is 17.8 Å². The van der Waals surface area contributed by atoms with Crippen molar-refractivity contribution < 1.29 is 4.74 Å². The van der Waals surface area contributed by atoms with Gasteiger partial charge >= 0.3 is 0 Å². The van der Waals surface area contributed by atoms with Gasteiger partial charge in [0.2, 0.25) is 5.96 Å². The maximum Gasteiger partial charge on any atom is 0.205 e. The second-order valence-electron chi connectivity index (χ2n) is 4.34. The van der Waals surface area contributed by atoms with Gasteiger partial charge in [-0.25, -0.2) is 5.84 Å². The van der Waals surface area contributed by atoms with Crippen LogP contribution in [0.2, 0.25) is 0 Å². The minimum Gasteiger partial charge on any atom is -0.381 e. The summed E-state index contributed by atoms with van der Waals surface area (Å²) < 4.78 is 5.29. The predicted octanol–water partition coefficient (Wildman–Crippen LogP) is 0.0878. The average Bonchev–Trinajstić information content (AvgIpc) is 2.70. The van der Waals surface area contributed by atoms with Gasteiger partial charge in [-0.05, 0) is 12.3 Å². The fourth-order valence-corrected chi connectivity index (χ4v) is 1.41. The fourth-order valence-electron chi connectivity index (χ4n) is 1.41. The van der Waals surface area contributed by atoms with Crippen LogP contribution in [-0.4, -0.2) is 32.3 Å². The summed E-state index contributed by atoms with van der Waals surface area (Å²) in [5, 5.41) is 3.20. The van der Waals surface area contributed by atoms with E-state index in [0.717, 1.165) is 32.7 Å². The molecule has 1 aliphatic heterocycles. The third kappa shape index (κ3) is 4.99. The van der Waals surface area contributed by atoms with Crippen molar-refractivity contribution in [1.82, 2.24) is 10.7 Å². The lowest BCUT2D eigenvalue weighted by atomic mass is 10.1. The Labute approximate surface area is 91.4 Å². The highest BCUT2D eigenvalue weighted by Gasteiger charge is 2.15. The summed E-state index contributed by atoms with van der Waals surface area (Å²) in [6.07, 6.45) is 1.12. The van der Waals surface area contributed by atoms with Crippen molar-refractivity contribution in [1.29, 1.82) is 0 Å². The minimum atomic E-state index is 0.546. The van der Waals surface area contributed by atoms with E-state index in [-0.39, 0.29) is 0 Å². The summed E-state index contributed by atoms with van der Waals surface area (Å²) in [5.74, 6) is 7.18. The molecule has 0 aromatic rings. The van der Waals surface area contributed by atoms with E-state index < -0.39 is 0 Å². The Bertz CT molecular complexity index is 200. The lowest BCUT2D eigenvalue weighted by Crippen LogP contribution is -2.43. The number of nitrogens with zero attached hydrogens (tertiary/aromatic N) is 1. The Morgan fingerprint density at radius 2 is 2.40 bits per heavy atom. The Morgan fingerprint density at radius 3 is 2.93 bits per heavy atom. The van der Waals surface area contributed by atoms with Crippen molar-refractivity contribution in [2.24, 2.45) is 22.7 Å². The van der Waals surface area contributed by atoms with Crippen LogP contribution in [0.4, 0.5) is 0 Å². The van der Waals surface area contributed by atoms with Crippen molar-refractivity contribution in [2.45, 2.75) is 20.3 Å². The van der Waals surface area contributed by atoms with Crippen molar-refractivity contribution in [3.8, 4) is 0 Å². The number of aliphatic imine (C=N–C) groups is 1. The van der Waals surface area contributed by atoms with Crippen LogP contribution in [0.25, 0.3) is 0 Å². The molecule has 4 N–H and O–H groups in total. The molecule has 0 saturated carbocycles. The van der Waals surface area contributed by atoms with Gasteiger partial charge in [-0.1, -0.05) is 13.8 Å². The van der Waals surface area contributed by atoms with Crippen LogP contribution in [0.1, 0.15) is 20.3 Å². The Balaban J connectivity index is 2.23. The number of nitrogens with one attached hydrogen (secondary N) is 2. The number of hydrazine groups is 1. The van der Waals surface area contributed by atoms with Crippen LogP contribution >= 0.6 is 0 Å². The molecule has 1 atom stereocenters. The van der Waals surface area contributed by atoms with E-state index in [2.05, 4.69) is 29.6 Å². The summed E-state index contributed by atoms with van der Waals surface area (Å²) >= 11 is 0. The number of hydrogen-bond acceptors (Lipinski definition) is 3. The zero-order valence-corrected chi connectivity index (χ0v) is 9.62. The second kappa shape index (κ2) is 6.63. The standard InChI is InChI=1S/C10H22N4O/c1-8(2)5-12-10(14-11)13-6-9-3-4-15-7-9/h8-9H,3-7,11H2,1-2H3,(H2,12,13,14). The summed E-state index contributed by atoms with van der Waals surface area (Å²) in [6, 6.07) is 0. The highest BCUT2D eigenvalue weighted by molar-refractivity contribution is 5.79. The first-order valence-electron chi connectivity index (χ1n) is 5.55. The third-order valence-electron chi connectivity index (χ3n) is 2.33. The highest BCUT2D eigenvalue weighted by Crippen LogP contribution is 2.10. The summed E-state index contributed by atoms with van der Waals surface area (Å²) in [6.45, 7) is 7.63. The molecule has 5 nitrogen and oxygen atoms in total. The van der Waals surface area contributed by atoms with Crippen molar-refractivity contribution >= 4 is 5.96 Å². The maximum atomic E-state index is 5.37. The molecule has 1 fully saturated rings. The Kier molecular flexibility index (Phi) is 5.42. The van der Waals surface area contributed by atoms with Gasteiger partial charge in [-0.15, -0.1) is 0 Å². The molecule has 0 bridgehead atoms.